The summed E-state index contributed by atoms with van der Waals surface area (Å²) in [6, 6.07) is 7.82. The molecule has 0 aliphatic heterocycles. The summed E-state index contributed by atoms with van der Waals surface area (Å²) in [5.41, 5.74) is -0.463. The molecule has 0 radical (unpaired) electrons. The fourth-order valence-electron chi connectivity index (χ4n) is 2.30. The number of alkyl halides is 3. The number of hydrogen-bond donors (Lipinski definition) is 2. The topological polar surface area (TPSA) is 58.5 Å². The van der Waals surface area contributed by atoms with Crippen LogP contribution in [0.25, 0.3) is 0 Å². The Balaban J connectivity index is 2.13. The van der Waals surface area contributed by atoms with E-state index in [-0.39, 0.29) is 12.1 Å². The van der Waals surface area contributed by atoms with E-state index in [1.54, 1.807) is 18.2 Å². The molecule has 0 amide bonds. The molecule has 9 heteroatoms. The maximum Gasteiger partial charge on any atom is 0.416 e. The molecule has 2 rings (SSSR count). The molecule has 2 N–H and O–H groups in total. The lowest BCUT2D eigenvalue weighted by Gasteiger charge is -2.14. The molecule has 0 unspecified atom stereocenters. The molecular weight excluding hydrogens is 364 g/mol. The summed E-state index contributed by atoms with van der Waals surface area (Å²) >= 11 is 0. The van der Waals surface area contributed by atoms with Crippen molar-refractivity contribution in [2.75, 3.05) is 13.7 Å². The number of hydrogen-bond acceptors (Lipinski definition) is 3. The van der Waals surface area contributed by atoms with Crippen molar-refractivity contribution in [1.82, 2.24) is 15.6 Å². The highest BCUT2D eigenvalue weighted by atomic mass is 19.4. The van der Waals surface area contributed by atoms with E-state index >= 15 is 0 Å². The van der Waals surface area contributed by atoms with E-state index in [2.05, 4.69) is 20.6 Å². The van der Waals surface area contributed by atoms with Gasteiger partial charge in [0.2, 0.25) is 5.88 Å². The second-order valence-corrected chi connectivity index (χ2v) is 5.52. The lowest BCUT2D eigenvalue weighted by atomic mass is 10.1. The minimum atomic E-state index is -4.65. The van der Waals surface area contributed by atoms with Crippen LogP contribution in [0.2, 0.25) is 0 Å². The molecule has 1 heterocycles. The normalized spacial score (nSPS) is 12.0. The first kappa shape index (κ1) is 20.5. The summed E-state index contributed by atoms with van der Waals surface area (Å²) in [6.07, 6.45) is -4.65. The number of aliphatic imine (C=N–C) groups is 1. The molecule has 2 aromatic rings. The van der Waals surface area contributed by atoms with E-state index in [1.807, 2.05) is 6.92 Å². The van der Waals surface area contributed by atoms with Crippen molar-refractivity contribution >= 4 is 5.96 Å². The summed E-state index contributed by atoms with van der Waals surface area (Å²) in [4.78, 5) is 8.40. The molecule has 0 aliphatic rings. The van der Waals surface area contributed by atoms with Crippen molar-refractivity contribution in [3.8, 4) is 5.88 Å². The second kappa shape index (κ2) is 9.20. The predicted molar refractivity (Wildman–Crippen MR) is 93.8 cm³/mol. The van der Waals surface area contributed by atoms with Crippen LogP contribution in [0.1, 0.15) is 23.7 Å². The van der Waals surface area contributed by atoms with Crippen LogP contribution in [0.15, 0.2) is 41.4 Å². The largest absolute Gasteiger partial charge is 0.481 e. The van der Waals surface area contributed by atoms with Gasteiger partial charge in [0.15, 0.2) is 5.96 Å². The lowest BCUT2D eigenvalue weighted by Crippen LogP contribution is -2.37. The van der Waals surface area contributed by atoms with Gasteiger partial charge in [-0.05, 0) is 30.7 Å². The number of guanidine groups is 1. The Bertz CT molecular complexity index is 793. The van der Waals surface area contributed by atoms with Crippen molar-refractivity contribution in [2.24, 2.45) is 4.99 Å². The molecule has 27 heavy (non-hydrogen) atoms. The van der Waals surface area contributed by atoms with Crippen molar-refractivity contribution in [3.63, 3.8) is 0 Å². The van der Waals surface area contributed by atoms with Gasteiger partial charge in [-0.1, -0.05) is 12.1 Å². The molecule has 0 spiro atoms. The maximum absolute atomic E-state index is 13.2. The zero-order chi connectivity index (χ0) is 19.9. The Hall–Kier alpha value is -2.84. The van der Waals surface area contributed by atoms with Gasteiger partial charge in [-0.25, -0.2) is 14.4 Å². The predicted octanol–water partition coefficient (Wildman–Crippen LogP) is 3.50. The van der Waals surface area contributed by atoms with E-state index in [4.69, 9.17) is 4.74 Å². The number of pyridine rings is 1. The van der Waals surface area contributed by atoms with Gasteiger partial charge in [0, 0.05) is 12.6 Å². The SMILES string of the molecule is CCNC(=NCc1ccc(F)cc1C(F)(F)F)NCc1cccc(OC)n1. The van der Waals surface area contributed by atoms with Gasteiger partial charge in [0.25, 0.3) is 0 Å². The Kier molecular flexibility index (Phi) is 6.98. The number of ether oxygens (including phenoxy) is 1. The third-order valence-electron chi connectivity index (χ3n) is 3.56. The Morgan fingerprint density at radius 3 is 2.63 bits per heavy atom. The summed E-state index contributed by atoms with van der Waals surface area (Å²) in [7, 11) is 1.51. The van der Waals surface area contributed by atoms with Gasteiger partial charge < -0.3 is 15.4 Å². The van der Waals surface area contributed by atoms with Gasteiger partial charge in [0.05, 0.1) is 31.5 Å². The smallest absolute Gasteiger partial charge is 0.416 e. The highest BCUT2D eigenvalue weighted by molar-refractivity contribution is 5.79. The number of rotatable bonds is 6. The molecule has 1 aromatic carbocycles. The number of nitrogens with zero attached hydrogens (tertiary/aromatic N) is 2. The highest BCUT2D eigenvalue weighted by Gasteiger charge is 2.33. The zero-order valence-corrected chi connectivity index (χ0v) is 14.9. The average molecular weight is 384 g/mol. The quantitative estimate of drug-likeness (QED) is 0.455. The van der Waals surface area contributed by atoms with Crippen molar-refractivity contribution in [2.45, 2.75) is 26.2 Å². The van der Waals surface area contributed by atoms with Crippen molar-refractivity contribution < 1.29 is 22.3 Å². The monoisotopic (exact) mass is 384 g/mol. The molecule has 1 aromatic heterocycles. The first-order valence-corrected chi connectivity index (χ1v) is 8.21. The Morgan fingerprint density at radius 2 is 1.96 bits per heavy atom. The van der Waals surface area contributed by atoms with Crippen LogP contribution in [0, 0.1) is 5.82 Å². The number of methoxy groups -OCH3 is 1. The third kappa shape index (κ3) is 6.12. The number of nitrogens with one attached hydrogen (secondary N) is 2. The molecule has 0 aliphatic carbocycles. The van der Waals surface area contributed by atoms with E-state index in [1.165, 1.54) is 7.11 Å². The van der Waals surface area contributed by atoms with Crippen molar-refractivity contribution in [1.29, 1.82) is 0 Å². The van der Waals surface area contributed by atoms with E-state index in [0.29, 0.717) is 36.7 Å². The molecule has 0 saturated heterocycles. The first-order valence-electron chi connectivity index (χ1n) is 8.21. The molecule has 0 fully saturated rings. The molecule has 0 bridgehead atoms. The van der Waals surface area contributed by atoms with Gasteiger partial charge in [0.1, 0.15) is 5.82 Å². The van der Waals surface area contributed by atoms with Crippen LogP contribution in [0.3, 0.4) is 0 Å². The highest BCUT2D eigenvalue weighted by Crippen LogP contribution is 2.32. The fraction of sp³-hybridized carbons (Fsp3) is 0.333. The van der Waals surface area contributed by atoms with Crippen LogP contribution < -0.4 is 15.4 Å². The van der Waals surface area contributed by atoms with E-state index < -0.39 is 17.6 Å². The number of aromatic nitrogens is 1. The van der Waals surface area contributed by atoms with Gasteiger partial charge in [-0.15, -0.1) is 0 Å². The first-order chi connectivity index (χ1) is 12.8. The summed E-state index contributed by atoms with van der Waals surface area (Å²) < 4.78 is 57.5. The summed E-state index contributed by atoms with van der Waals surface area (Å²) in [5.74, 6) is -0.166. The average Bonchev–Trinajstić information content (AvgIpc) is 2.64. The molecule has 146 valence electrons. The van der Waals surface area contributed by atoms with Gasteiger partial charge >= 0.3 is 6.18 Å². The van der Waals surface area contributed by atoms with Gasteiger partial charge in [-0.3, -0.25) is 0 Å². The minimum Gasteiger partial charge on any atom is -0.481 e. The van der Waals surface area contributed by atoms with Crippen LogP contribution in [0.4, 0.5) is 17.6 Å². The van der Waals surface area contributed by atoms with Crippen molar-refractivity contribution in [3.05, 3.63) is 59.0 Å². The number of halogens is 4. The van der Waals surface area contributed by atoms with Crippen LogP contribution in [0.5, 0.6) is 5.88 Å². The van der Waals surface area contributed by atoms with Crippen LogP contribution in [-0.2, 0) is 19.3 Å². The second-order valence-electron chi connectivity index (χ2n) is 5.52. The van der Waals surface area contributed by atoms with Gasteiger partial charge in [-0.2, -0.15) is 13.2 Å². The third-order valence-corrected chi connectivity index (χ3v) is 3.56. The Morgan fingerprint density at radius 1 is 1.19 bits per heavy atom. The fourth-order valence-corrected chi connectivity index (χ4v) is 2.30. The maximum atomic E-state index is 13.2. The number of benzene rings is 1. The summed E-state index contributed by atoms with van der Waals surface area (Å²) in [5, 5.41) is 5.94. The van der Waals surface area contributed by atoms with Crippen LogP contribution in [-0.4, -0.2) is 24.6 Å². The molecule has 0 atom stereocenters. The lowest BCUT2D eigenvalue weighted by molar-refractivity contribution is -0.138. The summed E-state index contributed by atoms with van der Waals surface area (Å²) in [6.45, 7) is 2.40. The zero-order valence-electron chi connectivity index (χ0n) is 14.9. The van der Waals surface area contributed by atoms with E-state index in [0.717, 1.165) is 12.1 Å². The standard InChI is InChI=1S/C18H20F4N4O/c1-3-23-17(25-11-14-5-4-6-16(26-14)27-2)24-10-12-7-8-13(19)9-15(12)18(20,21)22/h4-9H,3,10-11H2,1-2H3,(H2,23,24,25). The van der Waals surface area contributed by atoms with Crippen LogP contribution >= 0.6 is 0 Å². The molecule has 5 nitrogen and oxygen atoms in total. The molecular formula is C18H20F4N4O. The molecule has 0 saturated carbocycles. The Labute approximate surface area is 154 Å². The van der Waals surface area contributed by atoms with E-state index in [9.17, 15) is 17.6 Å². The minimum absolute atomic E-state index is 0.111.